The maximum absolute atomic E-state index is 14.2. The zero-order chi connectivity index (χ0) is 15.5. The summed E-state index contributed by atoms with van der Waals surface area (Å²) < 4.78 is 15.7. The van der Waals surface area contributed by atoms with E-state index in [2.05, 4.69) is 15.7 Å². The number of hydrogen-bond donors (Lipinski definition) is 2. The molecule has 0 atom stereocenters. The molecular weight excluding hydrogens is 319 g/mol. The third kappa shape index (κ3) is 4.09. The van der Waals surface area contributed by atoms with Crippen LogP contribution in [0.1, 0.15) is 18.4 Å². The molecule has 1 aromatic carbocycles. The van der Waals surface area contributed by atoms with Crippen molar-refractivity contribution in [2.45, 2.75) is 19.8 Å². The van der Waals surface area contributed by atoms with Crippen molar-refractivity contribution in [2.24, 2.45) is 5.92 Å². The highest BCUT2D eigenvalue weighted by molar-refractivity contribution is 5.92. The predicted molar refractivity (Wildman–Crippen MR) is 89.7 cm³/mol. The summed E-state index contributed by atoms with van der Waals surface area (Å²) in [5, 5.41) is 10.1. The Hall–Kier alpha value is -1.92. The number of carbonyl (C=O) groups excluding carboxylic acids is 1. The van der Waals surface area contributed by atoms with Crippen molar-refractivity contribution in [1.82, 2.24) is 15.1 Å². The summed E-state index contributed by atoms with van der Waals surface area (Å²) in [7, 11) is 0. The van der Waals surface area contributed by atoms with E-state index < -0.39 is 5.82 Å². The van der Waals surface area contributed by atoms with E-state index in [4.69, 9.17) is 0 Å². The van der Waals surface area contributed by atoms with E-state index in [1.54, 1.807) is 24.5 Å². The molecule has 1 aliphatic rings. The van der Waals surface area contributed by atoms with Crippen LogP contribution in [0, 0.1) is 18.7 Å². The lowest BCUT2D eigenvalue weighted by molar-refractivity contribution is -0.120. The fourth-order valence-corrected chi connectivity index (χ4v) is 2.64. The first-order valence-corrected chi connectivity index (χ1v) is 7.46. The lowest BCUT2D eigenvalue weighted by Gasteiger charge is -2.21. The first-order valence-electron chi connectivity index (χ1n) is 7.46. The standard InChI is InChI=1S/C16H19FN4O.ClH/c1-11-9-19-21(10-11)15-3-2-13(8-14(15)17)20-16(22)12-4-6-18-7-5-12;/h2-3,8-10,12,18H,4-7H2,1H3,(H,20,22);1H. The Kier molecular flexibility index (Phi) is 5.74. The molecule has 23 heavy (non-hydrogen) atoms. The molecule has 0 radical (unpaired) electrons. The smallest absolute Gasteiger partial charge is 0.227 e. The Morgan fingerprint density at radius 3 is 2.74 bits per heavy atom. The van der Waals surface area contributed by atoms with Gasteiger partial charge in [-0.1, -0.05) is 0 Å². The highest BCUT2D eigenvalue weighted by Crippen LogP contribution is 2.20. The van der Waals surface area contributed by atoms with Crippen molar-refractivity contribution in [3.63, 3.8) is 0 Å². The number of halogens is 2. The Labute approximate surface area is 140 Å². The Morgan fingerprint density at radius 1 is 1.39 bits per heavy atom. The number of piperidine rings is 1. The number of aromatic nitrogens is 2. The van der Waals surface area contributed by atoms with E-state index in [1.165, 1.54) is 10.7 Å². The summed E-state index contributed by atoms with van der Waals surface area (Å²) in [4.78, 5) is 12.2. The molecule has 1 aliphatic heterocycles. The van der Waals surface area contributed by atoms with Gasteiger partial charge in [0.05, 0.1) is 6.20 Å². The van der Waals surface area contributed by atoms with Crippen molar-refractivity contribution in [2.75, 3.05) is 18.4 Å². The largest absolute Gasteiger partial charge is 0.326 e. The van der Waals surface area contributed by atoms with Crippen LogP contribution in [0.3, 0.4) is 0 Å². The molecule has 124 valence electrons. The van der Waals surface area contributed by atoms with Gasteiger partial charge in [-0.25, -0.2) is 9.07 Å². The zero-order valence-electron chi connectivity index (χ0n) is 12.9. The molecule has 7 heteroatoms. The fraction of sp³-hybridized carbons (Fsp3) is 0.375. The van der Waals surface area contributed by atoms with E-state index in [-0.39, 0.29) is 24.2 Å². The summed E-state index contributed by atoms with van der Waals surface area (Å²) in [5.74, 6) is -0.451. The summed E-state index contributed by atoms with van der Waals surface area (Å²) in [6.45, 7) is 3.60. The molecular formula is C16H20ClFN4O. The molecule has 3 rings (SSSR count). The maximum Gasteiger partial charge on any atom is 0.227 e. The molecule has 0 aliphatic carbocycles. The first kappa shape index (κ1) is 17.4. The van der Waals surface area contributed by atoms with E-state index in [9.17, 15) is 9.18 Å². The van der Waals surface area contributed by atoms with Crippen LogP contribution < -0.4 is 10.6 Å². The molecule has 1 aromatic heterocycles. The second kappa shape index (κ2) is 7.57. The van der Waals surface area contributed by atoms with Gasteiger partial charge < -0.3 is 10.6 Å². The van der Waals surface area contributed by atoms with Gasteiger partial charge in [-0.3, -0.25) is 4.79 Å². The van der Waals surface area contributed by atoms with Gasteiger partial charge in [0.15, 0.2) is 5.82 Å². The average molecular weight is 339 g/mol. The number of aryl methyl sites for hydroxylation is 1. The third-order valence-corrected chi connectivity index (χ3v) is 3.88. The van der Waals surface area contributed by atoms with Crippen LogP contribution in [0.25, 0.3) is 5.69 Å². The van der Waals surface area contributed by atoms with E-state index in [0.717, 1.165) is 31.5 Å². The quantitative estimate of drug-likeness (QED) is 0.904. The van der Waals surface area contributed by atoms with Gasteiger partial charge in [-0.05, 0) is 56.6 Å². The van der Waals surface area contributed by atoms with Gasteiger partial charge in [0, 0.05) is 17.8 Å². The van der Waals surface area contributed by atoms with Crippen molar-refractivity contribution in [3.05, 3.63) is 42.0 Å². The number of anilines is 1. The monoisotopic (exact) mass is 338 g/mol. The van der Waals surface area contributed by atoms with Crippen LogP contribution in [0.15, 0.2) is 30.6 Å². The van der Waals surface area contributed by atoms with Gasteiger partial charge >= 0.3 is 0 Å². The van der Waals surface area contributed by atoms with Crippen LogP contribution in [0.4, 0.5) is 10.1 Å². The molecule has 5 nitrogen and oxygen atoms in total. The minimum atomic E-state index is -0.411. The van der Waals surface area contributed by atoms with Crippen LogP contribution in [-0.2, 0) is 4.79 Å². The average Bonchev–Trinajstić information content (AvgIpc) is 2.94. The van der Waals surface area contributed by atoms with Gasteiger partial charge in [-0.2, -0.15) is 5.10 Å². The molecule has 1 saturated heterocycles. The molecule has 0 spiro atoms. The predicted octanol–water partition coefficient (Wildman–Crippen LogP) is 2.68. The van der Waals surface area contributed by atoms with E-state index in [1.807, 2.05) is 6.92 Å². The molecule has 2 aromatic rings. The van der Waals surface area contributed by atoms with Crippen molar-refractivity contribution in [3.8, 4) is 5.69 Å². The van der Waals surface area contributed by atoms with Gasteiger partial charge in [0.1, 0.15) is 5.69 Å². The van der Waals surface area contributed by atoms with E-state index in [0.29, 0.717) is 11.4 Å². The van der Waals surface area contributed by atoms with Gasteiger partial charge in [-0.15, -0.1) is 12.4 Å². The Morgan fingerprint density at radius 2 is 2.13 bits per heavy atom. The molecule has 0 saturated carbocycles. The lowest BCUT2D eigenvalue weighted by Crippen LogP contribution is -2.34. The minimum Gasteiger partial charge on any atom is -0.326 e. The lowest BCUT2D eigenvalue weighted by atomic mass is 9.97. The highest BCUT2D eigenvalue weighted by Gasteiger charge is 2.21. The number of benzene rings is 1. The van der Waals surface area contributed by atoms with Crippen LogP contribution in [0.5, 0.6) is 0 Å². The highest BCUT2D eigenvalue weighted by atomic mass is 35.5. The van der Waals surface area contributed by atoms with Crippen molar-refractivity contribution < 1.29 is 9.18 Å². The summed E-state index contributed by atoms with van der Waals surface area (Å²) in [6, 6.07) is 4.67. The topological polar surface area (TPSA) is 59.0 Å². The fourth-order valence-electron chi connectivity index (χ4n) is 2.64. The van der Waals surface area contributed by atoms with Crippen LogP contribution in [0.2, 0.25) is 0 Å². The second-order valence-electron chi connectivity index (χ2n) is 5.64. The SMILES string of the molecule is Cc1cnn(-c2ccc(NC(=O)C3CCNCC3)cc2F)c1.Cl. The molecule has 1 amide bonds. The van der Waals surface area contributed by atoms with E-state index >= 15 is 0 Å². The summed E-state index contributed by atoms with van der Waals surface area (Å²) in [5.41, 5.74) is 1.81. The first-order chi connectivity index (χ1) is 10.6. The number of nitrogens with zero attached hydrogens (tertiary/aromatic N) is 2. The Bertz CT molecular complexity index is 682. The van der Waals surface area contributed by atoms with Gasteiger partial charge in [0.25, 0.3) is 0 Å². The zero-order valence-corrected chi connectivity index (χ0v) is 13.7. The van der Waals surface area contributed by atoms with Crippen LogP contribution >= 0.6 is 12.4 Å². The minimum absolute atomic E-state index is 0. The number of carbonyl (C=O) groups is 1. The number of amides is 1. The van der Waals surface area contributed by atoms with Gasteiger partial charge in [0.2, 0.25) is 5.91 Å². The molecule has 1 fully saturated rings. The van der Waals surface area contributed by atoms with Crippen molar-refractivity contribution in [1.29, 1.82) is 0 Å². The number of hydrogen-bond acceptors (Lipinski definition) is 3. The van der Waals surface area contributed by atoms with Crippen molar-refractivity contribution >= 4 is 24.0 Å². The molecule has 0 unspecified atom stereocenters. The molecule has 2 N–H and O–H groups in total. The summed E-state index contributed by atoms with van der Waals surface area (Å²) in [6.07, 6.45) is 5.07. The number of rotatable bonds is 3. The maximum atomic E-state index is 14.2. The Balaban J connectivity index is 0.00000192. The second-order valence-corrected chi connectivity index (χ2v) is 5.64. The third-order valence-electron chi connectivity index (χ3n) is 3.88. The van der Waals surface area contributed by atoms with Crippen LogP contribution in [-0.4, -0.2) is 28.8 Å². The molecule has 0 bridgehead atoms. The normalized spacial score (nSPS) is 15.0. The number of nitrogens with one attached hydrogen (secondary N) is 2. The summed E-state index contributed by atoms with van der Waals surface area (Å²) >= 11 is 0. The molecule has 2 heterocycles.